The van der Waals surface area contributed by atoms with Gasteiger partial charge in [0.25, 0.3) is 0 Å². The number of nitrogens with one attached hydrogen (secondary N) is 1. The summed E-state index contributed by atoms with van der Waals surface area (Å²) in [7, 11) is 0. The first kappa shape index (κ1) is 18.3. The third kappa shape index (κ3) is 5.89. The summed E-state index contributed by atoms with van der Waals surface area (Å²) in [5, 5.41) is 22.2. The van der Waals surface area contributed by atoms with Crippen LogP contribution in [0.15, 0.2) is 24.3 Å². The molecule has 1 saturated carbocycles. The summed E-state index contributed by atoms with van der Waals surface area (Å²) in [5.41, 5.74) is 1.56. The van der Waals surface area contributed by atoms with Crippen molar-refractivity contribution in [2.75, 3.05) is 5.32 Å². The lowest BCUT2D eigenvalue weighted by atomic mass is 9.86. The van der Waals surface area contributed by atoms with Crippen molar-refractivity contribution in [1.29, 1.82) is 10.5 Å². The molecule has 3 nitrogen and oxygen atoms in total. The number of nitriles is 2. The molecule has 128 valence electrons. The summed E-state index contributed by atoms with van der Waals surface area (Å²) in [6, 6.07) is 12.7. The Morgan fingerprint density at radius 3 is 1.75 bits per heavy atom. The summed E-state index contributed by atoms with van der Waals surface area (Å²) >= 11 is 0. The lowest BCUT2D eigenvalue weighted by Gasteiger charge is -2.30. The third-order valence-electron chi connectivity index (χ3n) is 5.04. The lowest BCUT2D eigenvalue weighted by Crippen LogP contribution is -2.36. The number of hydrogen-bond donors (Lipinski definition) is 1. The van der Waals surface area contributed by atoms with Gasteiger partial charge in [0, 0.05) is 5.69 Å². The van der Waals surface area contributed by atoms with Crippen molar-refractivity contribution in [3.05, 3.63) is 29.8 Å². The molecule has 0 aromatic heterocycles. The van der Waals surface area contributed by atoms with Crippen LogP contribution in [-0.2, 0) is 6.42 Å². The molecule has 1 aromatic carbocycles. The van der Waals surface area contributed by atoms with Gasteiger partial charge in [-0.2, -0.15) is 10.5 Å². The Kier molecular flexibility index (Phi) is 7.63. The Hall–Kier alpha value is -2.00. The lowest BCUT2D eigenvalue weighted by molar-refractivity contribution is 0.426. The summed E-state index contributed by atoms with van der Waals surface area (Å²) in [5.74, 6) is 0. The first-order valence-electron chi connectivity index (χ1n) is 9.43. The first-order valence-corrected chi connectivity index (χ1v) is 9.43. The topological polar surface area (TPSA) is 59.6 Å². The van der Waals surface area contributed by atoms with Gasteiger partial charge in [-0.15, -0.1) is 0 Å². The Morgan fingerprint density at radius 2 is 1.29 bits per heavy atom. The Morgan fingerprint density at radius 1 is 0.792 bits per heavy atom. The van der Waals surface area contributed by atoms with E-state index in [1.165, 1.54) is 44.9 Å². The molecule has 0 unspecified atom stereocenters. The highest BCUT2D eigenvalue weighted by molar-refractivity contribution is 5.49. The van der Waals surface area contributed by atoms with Crippen molar-refractivity contribution in [3.63, 3.8) is 0 Å². The number of anilines is 1. The van der Waals surface area contributed by atoms with Crippen LogP contribution in [0.2, 0.25) is 0 Å². The van der Waals surface area contributed by atoms with Crippen molar-refractivity contribution in [1.82, 2.24) is 0 Å². The van der Waals surface area contributed by atoms with Crippen molar-refractivity contribution >= 4 is 5.69 Å². The van der Waals surface area contributed by atoms with Crippen molar-refractivity contribution in [2.24, 2.45) is 0 Å². The monoisotopic (exact) mass is 323 g/mol. The van der Waals surface area contributed by atoms with Gasteiger partial charge >= 0.3 is 0 Å². The molecule has 3 heteroatoms. The van der Waals surface area contributed by atoms with Gasteiger partial charge in [0.1, 0.15) is 5.54 Å². The second kappa shape index (κ2) is 9.99. The van der Waals surface area contributed by atoms with Gasteiger partial charge in [-0.3, -0.25) is 0 Å². The zero-order valence-electron chi connectivity index (χ0n) is 14.7. The predicted octanol–water partition coefficient (Wildman–Crippen LogP) is 5.73. The average Bonchev–Trinajstić information content (AvgIpc) is 2.59. The molecule has 1 aliphatic carbocycles. The first-order chi connectivity index (χ1) is 11.8. The van der Waals surface area contributed by atoms with E-state index in [0.29, 0.717) is 6.42 Å². The normalized spacial score (nSPS) is 19.1. The second-order valence-corrected chi connectivity index (χ2v) is 7.03. The third-order valence-corrected chi connectivity index (χ3v) is 5.04. The maximum absolute atomic E-state index is 9.89. The van der Waals surface area contributed by atoms with Gasteiger partial charge in [-0.05, 0) is 30.5 Å². The summed E-state index contributed by atoms with van der Waals surface area (Å²) < 4.78 is 0. The van der Waals surface area contributed by atoms with E-state index < -0.39 is 5.54 Å². The smallest absolute Gasteiger partial charge is 0.125 e. The van der Waals surface area contributed by atoms with Crippen LogP contribution >= 0.6 is 0 Å². The van der Waals surface area contributed by atoms with E-state index in [4.69, 9.17) is 5.26 Å². The van der Waals surface area contributed by atoms with Gasteiger partial charge in [0.15, 0.2) is 0 Å². The van der Waals surface area contributed by atoms with Gasteiger partial charge in [-0.25, -0.2) is 0 Å². The molecule has 1 fully saturated rings. The van der Waals surface area contributed by atoms with Gasteiger partial charge in [0.2, 0.25) is 0 Å². The van der Waals surface area contributed by atoms with Crippen molar-refractivity contribution in [2.45, 2.75) is 82.6 Å². The van der Waals surface area contributed by atoms with Crippen LogP contribution in [-0.4, -0.2) is 5.54 Å². The standard InChI is InChI=1S/C21H29N3/c22-17-14-19-10-12-20(13-11-19)24-21(18-23)15-8-6-4-2-1-3-5-7-9-16-21/h10-13,24H,1-9,14-16H2. The molecule has 0 amide bonds. The number of benzene rings is 1. The molecule has 1 aromatic rings. The second-order valence-electron chi connectivity index (χ2n) is 7.03. The predicted molar refractivity (Wildman–Crippen MR) is 98.5 cm³/mol. The Bertz CT molecular complexity index is 550. The highest BCUT2D eigenvalue weighted by Gasteiger charge is 2.29. The van der Waals surface area contributed by atoms with Crippen LogP contribution in [0, 0.1) is 22.7 Å². The van der Waals surface area contributed by atoms with E-state index in [0.717, 1.165) is 36.9 Å². The van der Waals surface area contributed by atoms with E-state index in [1.54, 1.807) is 0 Å². The fourth-order valence-electron chi connectivity index (χ4n) is 3.55. The maximum atomic E-state index is 9.89. The fourth-order valence-corrected chi connectivity index (χ4v) is 3.55. The summed E-state index contributed by atoms with van der Waals surface area (Å²) in [6.07, 6.45) is 13.6. The van der Waals surface area contributed by atoms with E-state index in [1.807, 2.05) is 24.3 Å². The minimum Gasteiger partial charge on any atom is -0.367 e. The molecule has 0 saturated heterocycles. The quantitative estimate of drug-likeness (QED) is 0.772. The SMILES string of the molecule is N#CCc1ccc(NC2(C#N)CCCCCCCCCCC2)cc1. The van der Waals surface area contributed by atoms with Crippen LogP contribution < -0.4 is 5.32 Å². The molecule has 0 radical (unpaired) electrons. The zero-order chi connectivity index (χ0) is 17.1. The summed E-state index contributed by atoms with van der Waals surface area (Å²) in [4.78, 5) is 0. The highest BCUT2D eigenvalue weighted by Crippen LogP contribution is 2.28. The molecular formula is C21H29N3. The van der Waals surface area contributed by atoms with Crippen molar-refractivity contribution < 1.29 is 0 Å². The van der Waals surface area contributed by atoms with Crippen molar-refractivity contribution in [3.8, 4) is 12.1 Å². The van der Waals surface area contributed by atoms with Crippen LogP contribution in [0.4, 0.5) is 5.69 Å². The fraction of sp³-hybridized carbons (Fsp3) is 0.619. The maximum Gasteiger partial charge on any atom is 0.125 e. The van der Waals surface area contributed by atoms with E-state index in [2.05, 4.69) is 17.5 Å². The zero-order valence-corrected chi connectivity index (χ0v) is 14.7. The van der Waals surface area contributed by atoms with Gasteiger partial charge in [0.05, 0.1) is 18.6 Å². The minimum atomic E-state index is -0.448. The number of rotatable bonds is 3. The molecule has 0 spiro atoms. The van der Waals surface area contributed by atoms with Crippen LogP contribution in [0.1, 0.15) is 76.2 Å². The van der Waals surface area contributed by atoms with Gasteiger partial charge in [-0.1, -0.05) is 69.9 Å². The number of hydrogen-bond acceptors (Lipinski definition) is 3. The molecule has 0 atom stereocenters. The molecule has 2 rings (SSSR count). The molecule has 1 N–H and O–H groups in total. The van der Waals surface area contributed by atoms with E-state index in [-0.39, 0.29) is 0 Å². The number of nitrogens with zero attached hydrogens (tertiary/aromatic N) is 2. The highest BCUT2D eigenvalue weighted by atomic mass is 15.0. The van der Waals surface area contributed by atoms with E-state index in [9.17, 15) is 5.26 Å². The minimum absolute atomic E-state index is 0.434. The van der Waals surface area contributed by atoms with Crippen LogP contribution in [0.5, 0.6) is 0 Å². The van der Waals surface area contributed by atoms with Crippen LogP contribution in [0.25, 0.3) is 0 Å². The molecule has 24 heavy (non-hydrogen) atoms. The van der Waals surface area contributed by atoms with Crippen LogP contribution in [0.3, 0.4) is 0 Å². The molecule has 0 bridgehead atoms. The van der Waals surface area contributed by atoms with Gasteiger partial charge < -0.3 is 5.32 Å². The largest absolute Gasteiger partial charge is 0.367 e. The summed E-state index contributed by atoms with van der Waals surface area (Å²) in [6.45, 7) is 0. The molecule has 0 aliphatic heterocycles. The molecular weight excluding hydrogens is 294 g/mol. The van der Waals surface area contributed by atoms with E-state index >= 15 is 0 Å². The molecule has 0 heterocycles. The Balaban J connectivity index is 2.04. The molecule has 1 aliphatic rings. The average molecular weight is 323 g/mol. The Labute approximate surface area is 146 Å².